The van der Waals surface area contributed by atoms with Crippen molar-refractivity contribution in [1.82, 2.24) is 15.8 Å². The van der Waals surface area contributed by atoms with Crippen LogP contribution < -0.4 is 15.6 Å². The average Bonchev–Trinajstić information content (AvgIpc) is 2.94. The number of rotatable bonds is 6. The number of imide groups is 1. The van der Waals surface area contributed by atoms with E-state index in [2.05, 4.69) is 10.9 Å². The fourth-order valence-corrected chi connectivity index (χ4v) is 3.80. The Hall–Kier alpha value is -2.61. The molecule has 150 valence electrons. The summed E-state index contributed by atoms with van der Waals surface area (Å²) in [6, 6.07) is 6.71. The molecule has 0 aromatic heterocycles. The van der Waals surface area contributed by atoms with E-state index < -0.39 is 11.8 Å². The van der Waals surface area contributed by atoms with Gasteiger partial charge >= 0.3 is 0 Å². The van der Waals surface area contributed by atoms with Crippen molar-refractivity contribution in [3.8, 4) is 5.75 Å². The second kappa shape index (κ2) is 9.05. The molecule has 1 aromatic carbocycles. The van der Waals surface area contributed by atoms with Crippen LogP contribution in [0.2, 0.25) is 5.02 Å². The smallest absolute Gasteiger partial charge is 0.276 e. The van der Waals surface area contributed by atoms with Gasteiger partial charge in [0.05, 0.1) is 16.9 Å². The number of carbonyl (C=O) groups excluding carboxylic acids is 4. The number of nitrogens with one attached hydrogen (secondary N) is 2. The summed E-state index contributed by atoms with van der Waals surface area (Å²) in [5.74, 6) is -1.52. The van der Waals surface area contributed by atoms with Gasteiger partial charge in [0.15, 0.2) is 6.61 Å². The minimum absolute atomic E-state index is 0.0164. The highest BCUT2D eigenvalue weighted by Crippen LogP contribution is 2.37. The highest BCUT2D eigenvalue weighted by atomic mass is 35.5. The van der Waals surface area contributed by atoms with Gasteiger partial charge in [-0.25, -0.2) is 0 Å². The molecule has 1 aliphatic heterocycles. The fourth-order valence-electron chi connectivity index (χ4n) is 3.61. The van der Waals surface area contributed by atoms with Gasteiger partial charge < -0.3 is 4.74 Å². The van der Waals surface area contributed by atoms with Gasteiger partial charge in [-0.15, -0.1) is 0 Å². The summed E-state index contributed by atoms with van der Waals surface area (Å²) < 4.78 is 5.26. The van der Waals surface area contributed by atoms with Gasteiger partial charge in [-0.1, -0.05) is 36.6 Å². The maximum Gasteiger partial charge on any atom is 0.276 e. The lowest BCUT2D eigenvalue weighted by atomic mass is 9.81. The first-order valence-electron chi connectivity index (χ1n) is 9.27. The molecule has 2 fully saturated rings. The summed E-state index contributed by atoms with van der Waals surface area (Å²) in [6.07, 6.45) is 3.30. The minimum atomic E-state index is -0.562. The van der Waals surface area contributed by atoms with Crippen LogP contribution >= 0.6 is 11.6 Å². The maximum atomic E-state index is 12.4. The van der Waals surface area contributed by atoms with E-state index in [4.69, 9.17) is 16.3 Å². The predicted molar refractivity (Wildman–Crippen MR) is 100 cm³/mol. The molecule has 1 aliphatic carbocycles. The largest absolute Gasteiger partial charge is 0.482 e. The Labute approximate surface area is 167 Å². The van der Waals surface area contributed by atoms with Crippen LogP contribution in [0.5, 0.6) is 5.75 Å². The number of nitrogens with zero attached hydrogens (tertiary/aromatic N) is 1. The molecule has 4 amide bonds. The van der Waals surface area contributed by atoms with Crippen molar-refractivity contribution in [1.29, 1.82) is 0 Å². The lowest BCUT2D eigenvalue weighted by Crippen LogP contribution is -2.45. The third kappa shape index (κ3) is 4.62. The zero-order valence-electron chi connectivity index (χ0n) is 15.3. The van der Waals surface area contributed by atoms with Crippen LogP contribution in [0, 0.1) is 11.8 Å². The third-order valence-electron chi connectivity index (χ3n) is 5.03. The predicted octanol–water partition coefficient (Wildman–Crippen LogP) is 1.43. The molecule has 28 heavy (non-hydrogen) atoms. The molecule has 0 unspecified atom stereocenters. The minimum Gasteiger partial charge on any atom is -0.482 e. The van der Waals surface area contributed by atoms with Crippen LogP contribution in [0.15, 0.2) is 24.3 Å². The quantitative estimate of drug-likeness (QED) is 0.548. The first-order chi connectivity index (χ1) is 13.5. The number of halogens is 1. The molecule has 0 spiro atoms. The molecule has 2 N–H and O–H groups in total. The van der Waals surface area contributed by atoms with Gasteiger partial charge in [0, 0.05) is 13.0 Å². The first kappa shape index (κ1) is 20.1. The van der Waals surface area contributed by atoms with E-state index in [0.29, 0.717) is 10.8 Å². The molecule has 1 heterocycles. The molecule has 0 radical (unpaired) electrons. The monoisotopic (exact) mass is 407 g/mol. The molecular formula is C19H22ClN3O5. The number of hydrogen-bond donors (Lipinski definition) is 2. The topological polar surface area (TPSA) is 105 Å². The molecule has 0 bridgehead atoms. The highest BCUT2D eigenvalue weighted by Gasteiger charge is 2.47. The molecule has 2 aliphatic rings. The van der Waals surface area contributed by atoms with Crippen LogP contribution in [-0.4, -0.2) is 41.7 Å². The summed E-state index contributed by atoms with van der Waals surface area (Å²) in [5.41, 5.74) is 4.47. The molecule has 8 nitrogen and oxygen atoms in total. The van der Waals surface area contributed by atoms with Crippen LogP contribution in [0.3, 0.4) is 0 Å². The normalized spacial score (nSPS) is 21.2. The SMILES string of the molecule is O=C(CCN1C(=O)[C@H]2CCCC[C@@H]2C1=O)NNC(=O)COc1ccccc1Cl. The van der Waals surface area contributed by atoms with Crippen molar-refractivity contribution in [2.24, 2.45) is 11.8 Å². The van der Waals surface area contributed by atoms with Crippen molar-refractivity contribution in [3.63, 3.8) is 0 Å². The Morgan fingerprint density at radius 1 is 1.04 bits per heavy atom. The fraction of sp³-hybridized carbons (Fsp3) is 0.474. The summed E-state index contributed by atoms with van der Waals surface area (Å²) in [5, 5.41) is 0.375. The molecular weight excluding hydrogens is 386 g/mol. The Morgan fingerprint density at radius 3 is 2.29 bits per heavy atom. The second-order valence-electron chi connectivity index (χ2n) is 6.89. The number of amides is 4. The standard InChI is InChI=1S/C19H22ClN3O5/c20-14-7-3-4-8-15(14)28-11-17(25)22-21-16(24)9-10-23-18(26)12-5-1-2-6-13(12)19(23)27/h3-4,7-8,12-13H,1-2,5-6,9-11H2,(H,21,24)(H,22,25)/t12-,13-/m0/s1. The number of hydrogen-bond acceptors (Lipinski definition) is 5. The van der Waals surface area contributed by atoms with E-state index in [1.807, 2.05) is 0 Å². The van der Waals surface area contributed by atoms with Crippen molar-refractivity contribution >= 4 is 35.2 Å². The lowest BCUT2D eigenvalue weighted by molar-refractivity contribution is -0.140. The number of hydrazine groups is 1. The van der Waals surface area contributed by atoms with E-state index in [1.54, 1.807) is 24.3 Å². The molecule has 1 saturated carbocycles. The van der Waals surface area contributed by atoms with E-state index in [-0.39, 0.29) is 43.2 Å². The van der Waals surface area contributed by atoms with Crippen molar-refractivity contribution < 1.29 is 23.9 Å². The van der Waals surface area contributed by atoms with Gasteiger partial charge in [-0.05, 0) is 25.0 Å². The van der Waals surface area contributed by atoms with Gasteiger partial charge in [-0.2, -0.15) is 0 Å². The van der Waals surface area contributed by atoms with E-state index in [9.17, 15) is 19.2 Å². The van der Waals surface area contributed by atoms with E-state index in [1.165, 1.54) is 4.90 Å². The van der Waals surface area contributed by atoms with Crippen molar-refractivity contribution in [2.75, 3.05) is 13.2 Å². The van der Waals surface area contributed by atoms with Gasteiger partial charge in [0.1, 0.15) is 5.75 Å². The summed E-state index contributed by atoms with van der Waals surface area (Å²) in [4.78, 5) is 49.6. The van der Waals surface area contributed by atoms with Gasteiger partial charge in [-0.3, -0.25) is 34.9 Å². The Morgan fingerprint density at radius 2 is 1.64 bits per heavy atom. The Kier molecular flexibility index (Phi) is 6.51. The van der Waals surface area contributed by atoms with E-state index in [0.717, 1.165) is 25.7 Å². The summed E-state index contributed by atoms with van der Waals surface area (Å²) in [6.45, 7) is -0.307. The van der Waals surface area contributed by atoms with Crippen LogP contribution in [0.25, 0.3) is 0 Å². The maximum absolute atomic E-state index is 12.4. The zero-order chi connectivity index (χ0) is 20.1. The summed E-state index contributed by atoms with van der Waals surface area (Å²) >= 11 is 5.92. The van der Waals surface area contributed by atoms with Crippen LogP contribution in [-0.2, 0) is 19.2 Å². The summed E-state index contributed by atoms with van der Waals surface area (Å²) in [7, 11) is 0. The number of para-hydroxylation sites is 1. The molecule has 9 heteroatoms. The van der Waals surface area contributed by atoms with Crippen LogP contribution in [0.4, 0.5) is 0 Å². The highest BCUT2D eigenvalue weighted by molar-refractivity contribution is 6.32. The zero-order valence-corrected chi connectivity index (χ0v) is 16.0. The van der Waals surface area contributed by atoms with Crippen molar-refractivity contribution in [2.45, 2.75) is 32.1 Å². The molecule has 1 aromatic rings. The average molecular weight is 408 g/mol. The Bertz CT molecular complexity index is 761. The van der Waals surface area contributed by atoms with Gasteiger partial charge in [0.2, 0.25) is 17.7 Å². The number of carbonyl (C=O) groups is 4. The second-order valence-corrected chi connectivity index (χ2v) is 7.30. The van der Waals surface area contributed by atoms with E-state index >= 15 is 0 Å². The molecule has 1 saturated heterocycles. The van der Waals surface area contributed by atoms with Crippen LogP contribution in [0.1, 0.15) is 32.1 Å². The number of likely N-dealkylation sites (tertiary alicyclic amines) is 1. The third-order valence-corrected chi connectivity index (χ3v) is 5.34. The van der Waals surface area contributed by atoms with Crippen molar-refractivity contribution in [3.05, 3.63) is 29.3 Å². The lowest BCUT2D eigenvalue weighted by Gasteiger charge is -2.19. The van der Waals surface area contributed by atoms with Gasteiger partial charge in [0.25, 0.3) is 5.91 Å². The number of fused-ring (bicyclic) bond motifs is 1. The first-order valence-corrected chi connectivity index (χ1v) is 9.65. The molecule has 3 rings (SSSR count). The number of ether oxygens (including phenoxy) is 1. The Balaban J connectivity index is 1.38. The molecule has 2 atom stereocenters. The number of benzene rings is 1.